The lowest BCUT2D eigenvalue weighted by atomic mass is 9.77. The number of rotatable bonds is 7. The quantitative estimate of drug-likeness (QED) is 0.211. The monoisotopic (exact) mass is 497 g/mol. The summed E-state index contributed by atoms with van der Waals surface area (Å²) in [5, 5.41) is 1.27. The number of hydrogen-bond donors (Lipinski definition) is 0. The zero-order chi connectivity index (χ0) is 26.9. The Bertz CT molecular complexity index is 1580. The summed E-state index contributed by atoms with van der Waals surface area (Å²) in [7, 11) is 0. The Kier molecular flexibility index (Phi) is 6.88. The minimum absolute atomic E-state index is 0.0300. The van der Waals surface area contributed by atoms with Crippen molar-refractivity contribution in [3.8, 4) is 11.1 Å². The number of aryl methyl sites for hydroxylation is 1. The van der Waals surface area contributed by atoms with E-state index >= 15 is 0 Å². The molecule has 192 valence electrons. The molecule has 1 heteroatoms. The Morgan fingerprint density at radius 2 is 1.42 bits per heavy atom. The second kappa shape index (κ2) is 10.1. The first-order chi connectivity index (χ1) is 18.2. The van der Waals surface area contributed by atoms with Gasteiger partial charge in [-0.25, -0.2) is 0 Å². The van der Waals surface area contributed by atoms with E-state index in [0.29, 0.717) is 0 Å². The highest BCUT2D eigenvalue weighted by Crippen LogP contribution is 2.35. The van der Waals surface area contributed by atoms with Gasteiger partial charge in [0.1, 0.15) is 0 Å². The third-order valence-corrected chi connectivity index (χ3v) is 8.05. The Morgan fingerprint density at radius 1 is 0.711 bits per heavy atom. The predicted octanol–water partition coefficient (Wildman–Crippen LogP) is 9.95. The standard InChI is InChI=1S/C37H39N/c1-7-11-29-24-27(2)14-15-32(29)26-36(3,4)33-17-19-34(20-18-33)37(5,6)38-23-22-31-25-30(16-21-35(31)38)28-12-9-8-10-13-28/h7-25H,26H2,1-6H3/b11-7-. The molecule has 0 saturated carbocycles. The molecule has 0 aliphatic carbocycles. The summed E-state index contributed by atoms with van der Waals surface area (Å²) >= 11 is 0. The number of hydrogen-bond acceptors (Lipinski definition) is 0. The van der Waals surface area contributed by atoms with Crippen LogP contribution in [0.1, 0.15) is 62.4 Å². The highest BCUT2D eigenvalue weighted by molar-refractivity contribution is 5.86. The number of allylic oxidation sites excluding steroid dienone is 1. The van der Waals surface area contributed by atoms with Gasteiger partial charge in [-0.1, -0.05) is 110 Å². The number of nitrogens with zero attached hydrogens (tertiary/aromatic N) is 1. The second-order valence-corrected chi connectivity index (χ2v) is 11.7. The third-order valence-electron chi connectivity index (χ3n) is 8.05. The molecular weight excluding hydrogens is 458 g/mol. The molecule has 0 amide bonds. The summed E-state index contributed by atoms with van der Waals surface area (Å²) in [5.74, 6) is 0. The molecule has 0 radical (unpaired) electrons. The van der Waals surface area contributed by atoms with Gasteiger partial charge in [-0.05, 0) is 91.1 Å². The summed E-state index contributed by atoms with van der Waals surface area (Å²) in [6.07, 6.45) is 7.60. The van der Waals surface area contributed by atoms with Gasteiger partial charge in [0.2, 0.25) is 0 Å². The molecule has 1 aromatic heterocycles. The minimum atomic E-state index is -0.172. The van der Waals surface area contributed by atoms with Crippen LogP contribution in [-0.2, 0) is 17.4 Å². The predicted molar refractivity (Wildman–Crippen MR) is 165 cm³/mol. The van der Waals surface area contributed by atoms with E-state index in [2.05, 4.69) is 162 Å². The van der Waals surface area contributed by atoms with E-state index in [9.17, 15) is 0 Å². The lowest BCUT2D eigenvalue weighted by Gasteiger charge is -2.31. The van der Waals surface area contributed by atoms with Crippen LogP contribution in [0.3, 0.4) is 0 Å². The first-order valence-corrected chi connectivity index (χ1v) is 13.7. The molecule has 0 fully saturated rings. The van der Waals surface area contributed by atoms with Gasteiger partial charge >= 0.3 is 0 Å². The van der Waals surface area contributed by atoms with Crippen LogP contribution in [0.5, 0.6) is 0 Å². The normalized spacial score (nSPS) is 12.5. The van der Waals surface area contributed by atoms with Crippen LogP contribution in [0.4, 0.5) is 0 Å². The molecule has 0 aliphatic rings. The van der Waals surface area contributed by atoms with Crippen LogP contribution in [0.25, 0.3) is 28.1 Å². The summed E-state index contributed by atoms with van der Waals surface area (Å²) in [6, 6.07) is 35.8. The Labute approximate surface area is 228 Å². The molecule has 0 unspecified atom stereocenters. The van der Waals surface area contributed by atoms with Crippen LogP contribution >= 0.6 is 0 Å². The highest BCUT2D eigenvalue weighted by atomic mass is 15.0. The summed E-state index contributed by atoms with van der Waals surface area (Å²) < 4.78 is 2.41. The van der Waals surface area contributed by atoms with E-state index in [1.165, 1.54) is 49.8 Å². The maximum absolute atomic E-state index is 2.41. The molecule has 0 saturated heterocycles. The van der Waals surface area contributed by atoms with E-state index in [0.717, 1.165) is 6.42 Å². The highest BCUT2D eigenvalue weighted by Gasteiger charge is 2.27. The number of benzene rings is 4. The van der Waals surface area contributed by atoms with E-state index in [1.807, 2.05) is 0 Å². The summed E-state index contributed by atoms with van der Waals surface area (Å²) in [4.78, 5) is 0. The molecule has 1 heterocycles. The van der Waals surface area contributed by atoms with Crippen molar-refractivity contribution < 1.29 is 0 Å². The molecule has 0 spiro atoms. The lowest BCUT2D eigenvalue weighted by Crippen LogP contribution is -2.27. The fourth-order valence-corrected chi connectivity index (χ4v) is 5.70. The second-order valence-electron chi connectivity index (χ2n) is 11.7. The fraction of sp³-hybridized carbons (Fsp3) is 0.243. The largest absolute Gasteiger partial charge is 0.338 e. The van der Waals surface area contributed by atoms with Crippen LogP contribution in [0.15, 0.2) is 109 Å². The van der Waals surface area contributed by atoms with Crippen LogP contribution in [-0.4, -0.2) is 4.57 Å². The lowest BCUT2D eigenvalue weighted by molar-refractivity contribution is 0.450. The van der Waals surface area contributed by atoms with Crippen molar-refractivity contribution in [1.29, 1.82) is 0 Å². The van der Waals surface area contributed by atoms with Crippen molar-refractivity contribution in [2.24, 2.45) is 0 Å². The fourth-order valence-electron chi connectivity index (χ4n) is 5.70. The SMILES string of the molecule is C/C=C\c1cc(C)ccc1CC(C)(C)c1ccc(C(C)(C)n2ccc3cc(-c4ccccc4)ccc32)cc1. The molecule has 4 aromatic carbocycles. The minimum Gasteiger partial charge on any atom is -0.338 e. The first-order valence-electron chi connectivity index (χ1n) is 13.7. The van der Waals surface area contributed by atoms with Gasteiger partial charge in [0, 0.05) is 17.1 Å². The Hall–Kier alpha value is -3.84. The molecule has 1 nitrogen and oxygen atoms in total. The molecular formula is C37H39N. The molecule has 0 aliphatic heterocycles. The maximum atomic E-state index is 2.41. The van der Waals surface area contributed by atoms with E-state index in [1.54, 1.807) is 0 Å². The van der Waals surface area contributed by atoms with Crippen LogP contribution in [0.2, 0.25) is 0 Å². The third kappa shape index (κ3) is 4.98. The Balaban J connectivity index is 1.42. The molecule has 0 atom stereocenters. The summed E-state index contributed by atoms with van der Waals surface area (Å²) in [6.45, 7) is 13.6. The summed E-state index contributed by atoms with van der Waals surface area (Å²) in [5.41, 5.74) is 10.3. The molecule has 38 heavy (non-hydrogen) atoms. The van der Waals surface area contributed by atoms with Gasteiger partial charge in [0.05, 0.1) is 5.54 Å². The molecule has 0 N–H and O–H groups in total. The topological polar surface area (TPSA) is 4.93 Å². The van der Waals surface area contributed by atoms with E-state index in [-0.39, 0.29) is 11.0 Å². The first kappa shape index (κ1) is 25.8. The Morgan fingerprint density at radius 3 is 2.13 bits per heavy atom. The van der Waals surface area contributed by atoms with Crippen molar-refractivity contribution in [3.63, 3.8) is 0 Å². The molecule has 5 rings (SSSR count). The molecule has 0 bridgehead atoms. The van der Waals surface area contributed by atoms with Crippen molar-refractivity contribution in [1.82, 2.24) is 4.57 Å². The smallest absolute Gasteiger partial charge is 0.0640 e. The van der Waals surface area contributed by atoms with Gasteiger partial charge in [-0.3, -0.25) is 0 Å². The maximum Gasteiger partial charge on any atom is 0.0640 e. The average Bonchev–Trinajstić information content (AvgIpc) is 3.35. The van der Waals surface area contributed by atoms with Crippen molar-refractivity contribution in [2.75, 3.05) is 0 Å². The zero-order valence-electron chi connectivity index (χ0n) is 23.6. The van der Waals surface area contributed by atoms with Gasteiger partial charge in [0.15, 0.2) is 0 Å². The van der Waals surface area contributed by atoms with Gasteiger partial charge < -0.3 is 4.57 Å². The van der Waals surface area contributed by atoms with E-state index < -0.39 is 0 Å². The molecule has 5 aromatic rings. The number of fused-ring (bicyclic) bond motifs is 1. The zero-order valence-corrected chi connectivity index (χ0v) is 23.6. The average molecular weight is 498 g/mol. The van der Waals surface area contributed by atoms with Crippen molar-refractivity contribution >= 4 is 17.0 Å². The van der Waals surface area contributed by atoms with Crippen molar-refractivity contribution in [2.45, 2.75) is 58.9 Å². The van der Waals surface area contributed by atoms with Crippen LogP contribution in [0, 0.1) is 6.92 Å². The van der Waals surface area contributed by atoms with Crippen LogP contribution < -0.4 is 0 Å². The van der Waals surface area contributed by atoms with Gasteiger partial charge in [-0.2, -0.15) is 0 Å². The van der Waals surface area contributed by atoms with Crippen molar-refractivity contribution in [3.05, 3.63) is 137 Å². The van der Waals surface area contributed by atoms with Gasteiger partial charge in [-0.15, -0.1) is 0 Å². The van der Waals surface area contributed by atoms with Gasteiger partial charge in [0.25, 0.3) is 0 Å². The van der Waals surface area contributed by atoms with E-state index in [4.69, 9.17) is 0 Å². The number of aromatic nitrogens is 1.